The summed E-state index contributed by atoms with van der Waals surface area (Å²) in [5, 5.41) is 7.54. The molecule has 1 fully saturated rings. The molecule has 0 radical (unpaired) electrons. The van der Waals surface area contributed by atoms with Gasteiger partial charge in [0.15, 0.2) is 5.67 Å². The third-order valence-electron chi connectivity index (χ3n) is 3.35. The van der Waals surface area contributed by atoms with Gasteiger partial charge in [-0.15, -0.1) is 0 Å². The highest BCUT2D eigenvalue weighted by Crippen LogP contribution is 2.36. The third-order valence-corrected chi connectivity index (χ3v) is 3.93. The second-order valence-corrected chi connectivity index (χ2v) is 6.05. The summed E-state index contributed by atoms with van der Waals surface area (Å²) in [5.41, 5.74) is -0.801. The van der Waals surface area contributed by atoms with E-state index >= 15 is 4.39 Å². The van der Waals surface area contributed by atoms with Gasteiger partial charge in [0, 0.05) is 25.6 Å². The predicted molar refractivity (Wildman–Crippen MR) is 75.9 cm³/mol. The molecule has 0 bridgehead atoms. The molecule has 1 aromatic heterocycles. The van der Waals surface area contributed by atoms with Crippen LogP contribution >= 0.6 is 15.9 Å². The standard InChI is InChI=1S/C13H21BrFN3O/c1-3-5-18-12(11(14)8-17-18)13(2,15)7-10-9-19-6-4-16-10/h8,10,16H,3-7,9H2,1-2H3. The van der Waals surface area contributed by atoms with E-state index in [1.165, 1.54) is 0 Å². The SMILES string of the molecule is CCCn1ncc(Br)c1C(C)(F)CC1COCCN1. The summed E-state index contributed by atoms with van der Waals surface area (Å²) in [4.78, 5) is 0. The summed E-state index contributed by atoms with van der Waals surface area (Å²) in [6, 6.07) is 0.0561. The minimum absolute atomic E-state index is 0.0561. The van der Waals surface area contributed by atoms with E-state index in [0.29, 0.717) is 25.3 Å². The molecule has 2 atom stereocenters. The molecular formula is C13H21BrFN3O. The molecule has 2 unspecified atom stereocenters. The first-order chi connectivity index (χ1) is 9.04. The Morgan fingerprint density at radius 1 is 1.68 bits per heavy atom. The third kappa shape index (κ3) is 3.55. The molecule has 1 aromatic rings. The maximum absolute atomic E-state index is 15.1. The van der Waals surface area contributed by atoms with Crippen LogP contribution in [0.2, 0.25) is 0 Å². The van der Waals surface area contributed by atoms with Gasteiger partial charge in [0.2, 0.25) is 0 Å². The van der Waals surface area contributed by atoms with Crippen LogP contribution in [0, 0.1) is 0 Å². The summed E-state index contributed by atoms with van der Waals surface area (Å²) >= 11 is 3.41. The summed E-state index contributed by atoms with van der Waals surface area (Å²) in [6.45, 7) is 6.48. The average molecular weight is 334 g/mol. The molecule has 2 rings (SSSR count). The lowest BCUT2D eigenvalue weighted by molar-refractivity contribution is 0.0446. The maximum atomic E-state index is 15.1. The lowest BCUT2D eigenvalue weighted by atomic mass is 9.94. The number of nitrogens with one attached hydrogen (secondary N) is 1. The molecule has 0 saturated carbocycles. The van der Waals surface area contributed by atoms with Crippen LogP contribution < -0.4 is 5.32 Å². The van der Waals surface area contributed by atoms with Crippen molar-refractivity contribution in [2.24, 2.45) is 0 Å². The Labute approximate surface area is 121 Å². The Balaban J connectivity index is 2.15. The van der Waals surface area contributed by atoms with Crippen molar-refractivity contribution < 1.29 is 9.13 Å². The van der Waals surface area contributed by atoms with Crippen molar-refractivity contribution in [2.45, 2.75) is 44.9 Å². The van der Waals surface area contributed by atoms with Crippen LogP contribution in [0.25, 0.3) is 0 Å². The fourth-order valence-corrected chi connectivity index (χ4v) is 3.28. The molecule has 1 saturated heterocycles. The van der Waals surface area contributed by atoms with Gasteiger partial charge in [0.05, 0.1) is 29.6 Å². The van der Waals surface area contributed by atoms with Gasteiger partial charge in [0.25, 0.3) is 0 Å². The van der Waals surface area contributed by atoms with E-state index in [0.717, 1.165) is 24.0 Å². The first-order valence-corrected chi connectivity index (χ1v) is 7.55. The molecule has 1 aliphatic rings. The first kappa shape index (κ1) is 14.9. The van der Waals surface area contributed by atoms with Crippen LogP contribution in [0.5, 0.6) is 0 Å². The fourth-order valence-electron chi connectivity index (χ4n) is 2.57. The van der Waals surface area contributed by atoms with E-state index in [2.05, 4.69) is 33.3 Å². The monoisotopic (exact) mass is 333 g/mol. The number of alkyl halides is 1. The largest absolute Gasteiger partial charge is 0.379 e. The van der Waals surface area contributed by atoms with Crippen molar-refractivity contribution in [3.8, 4) is 0 Å². The molecule has 0 aromatic carbocycles. The predicted octanol–water partition coefficient (Wildman–Crippen LogP) is 2.62. The number of morpholine rings is 1. The smallest absolute Gasteiger partial charge is 0.152 e. The second-order valence-electron chi connectivity index (χ2n) is 5.19. The lowest BCUT2D eigenvalue weighted by Crippen LogP contribution is -2.44. The van der Waals surface area contributed by atoms with Crippen LogP contribution in [0.4, 0.5) is 4.39 Å². The van der Waals surface area contributed by atoms with E-state index in [1.807, 2.05) is 0 Å². The molecule has 4 nitrogen and oxygen atoms in total. The van der Waals surface area contributed by atoms with Gasteiger partial charge < -0.3 is 10.1 Å². The highest BCUT2D eigenvalue weighted by Gasteiger charge is 2.35. The van der Waals surface area contributed by atoms with Crippen molar-refractivity contribution in [3.63, 3.8) is 0 Å². The number of nitrogens with zero attached hydrogens (tertiary/aromatic N) is 2. The van der Waals surface area contributed by atoms with Crippen LogP contribution in [0.3, 0.4) is 0 Å². The van der Waals surface area contributed by atoms with E-state index in [9.17, 15) is 0 Å². The van der Waals surface area contributed by atoms with Gasteiger partial charge in [-0.25, -0.2) is 4.39 Å². The van der Waals surface area contributed by atoms with Gasteiger partial charge in [-0.3, -0.25) is 4.68 Å². The maximum Gasteiger partial charge on any atom is 0.152 e. The number of ether oxygens (including phenoxy) is 1. The summed E-state index contributed by atoms with van der Waals surface area (Å²) in [6.07, 6.45) is 3.00. The highest BCUT2D eigenvalue weighted by molar-refractivity contribution is 9.10. The lowest BCUT2D eigenvalue weighted by Gasteiger charge is -2.30. The van der Waals surface area contributed by atoms with E-state index in [1.54, 1.807) is 17.8 Å². The molecule has 6 heteroatoms. The number of aromatic nitrogens is 2. The molecule has 0 amide bonds. The first-order valence-electron chi connectivity index (χ1n) is 6.76. The van der Waals surface area contributed by atoms with Gasteiger partial charge >= 0.3 is 0 Å². The minimum atomic E-state index is -1.43. The van der Waals surface area contributed by atoms with Crippen molar-refractivity contribution in [3.05, 3.63) is 16.4 Å². The van der Waals surface area contributed by atoms with Crippen LogP contribution in [0.1, 0.15) is 32.4 Å². The Kier molecular flexibility index (Phi) is 4.97. The zero-order valence-electron chi connectivity index (χ0n) is 11.5. The quantitative estimate of drug-likeness (QED) is 0.900. The average Bonchev–Trinajstić information content (AvgIpc) is 2.72. The van der Waals surface area contributed by atoms with Gasteiger partial charge in [-0.1, -0.05) is 6.92 Å². The normalized spacial score (nSPS) is 23.3. The molecule has 1 aliphatic heterocycles. The second kappa shape index (κ2) is 6.33. The molecule has 108 valence electrons. The number of aryl methyl sites for hydroxylation is 1. The van der Waals surface area contributed by atoms with Crippen LogP contribution in [0.15, 0.2) is 10.7 Å². The van der Waals surface area contributed by atoms with Gasteiger partial charge in [0.1, 0.15) is 0 Å². The van der Waals surface area contributed by atoms with Crippen molar-refractivity contribution in [1.82, 2.24) is 15.1 Å². The van der Waals surface area contributed by atoms with Gasteiger partial charge in [-0.2, -0.15) is 5.10 Å². The van der Waals surface area contributed by atoms with Crippen molar-refractivity contribution in [2.75, 3.05) is 19.8 Å². The fraction of sp³-hybridized carbons (Fsp3) is 0.769. The highest BCUT2D eigenvalue weighted by atomic mass is 79.9. The zero-order valence-corrected chi connectivity index (χ0v) is 13.0. The summed E-state index contributed by atoms with van der Waals surface area (Å²) in [7, 11) is 0. The summed E-state index contributed by atoms with van der Waals surface area (Å²) in [5.74, 6) is 0. The molecule has 0 aliphatic carbocycles. The molecule has 1 N–H and O–H groups in total. The van der Waals surface area contributed by atoms with Crippen molar-refractivity contribution >= 4 is 15.9 Å². The Morgan fingerprint density at radius 2 is 2.47 bits per heavy atom. The molecule has 19 heavy (non-hydrogen) atoms. The Bertz CT molecular complexity index is 416. The van der Waals surface area contributed by atoms with Gasteiger partial charge in [-0.05, 0) is 29.3 Å². The number of hydrogen-bond acceptors (Lipinski definition) is 3. The molecule has 0 spiro atoms. The number of rotatable bonds is 5. The zero-order chi connectivity index (χ0) is 13.9. The molecular weight excluding hydrogens is 313 g/mol. The Morgan fingerprint density at radius 3 is 3.11 bits per heavy atom. The number of hydrogen-bond donors (Lipinski definition) is 1. The van der Waals surface area contributed by atoms with E-state index in [4.69, 9.17) is 4.74 Å². The Hall–Kier alpha value is -0.460. The van der Waals surface area contributed by atoms with E-state index < -0.39 is 5.67 Å². The van der Waals surface area contributed by atoms with Crippen LogP contribution in [-0.4, -0.2) is 35.6 Å². The summed E-state index contributed by atoms with van der Waals surface area (Å²) < 4.78 is 23.0. The van der Waals surface area contributed by atoms with Crippen molar-refractivity contribution in [1.29, 1.82) is 0 Å². The molecule has 2 heterocycles. The van der Waals surface area contributed by atoms with Crippen LogP contribution in [-0.2, 0) is 17.0 Å². The van der Waals surface area contributed by atoms with E-state index in [-0.39, 0.29) is 6.04 Å². The topological polar surface area (TPSA) is 39.1 Å². The minimum Gasteiger partial charge on any atom is -0.379 e. The number of halogens is 2.